The van der Waals surface area contributed by atoms with E-state index >= 15 is 0 Å². The van der Waals surface area contributed by atoms with E-state index in [0.29, 0.717) is 5.69 Å². The third-order valence-electron chi connectivity index (χ3n) is 2.75. The molecule has 0 saturated carbocycles. The third kappa shape index (κ3) is 3.11. The van der Waals surface area contributed by atoms with Gasteiger partial charge in [0.2, 0.25) is 0 Å². The van der Waals surface area contributed by atoms with Gasteiger partial charge in [-0.3, -0.25) is 19.9 Å². The van der Waals surface area contributed by atoms with Crippen LogP contribution in [-0.4, -0.2) is 22.9 Å². The predicted molar refractivity (Wildman–Crippen MR) is 74.8 cm³/mol. The number of carbonyl (C=O) groups excluding carboxylic acids is 1. The first-order chi connectivity index (χ1) is 10.0. The number of halogens is 1. The predicted octanol–water partition coefficient (Wildman–Crippen LogP) is 2.42. The molecule has 0 radical (unpaired) electrons. The van der Waals surface area contributed by atoms with Crippen molar-refractivity contribution in [2.45, 2.75) is 0 Å². The third-order valence-corrected chi connectivity index (χ3v) is 2.75. The summed E-state index contributed by atoms with van der Waals surface area (Å²) in [6.07, 6.45) is 2.89. The maximum Gasteiger partial charge on any atom is 0.272 e. The topological polar surface area (TPSA) is 97.2 Å². The minimum atomic E-state index is -0.877. The molecule has 0 aliphatic rings. The van der Waals surface area contributed by atoms with Gasteiger partial charge >= 0.3 is 0 Å². The van der Waals surface area contributed by atoms with Gasteiger partial charge in [-0.05, 0) is 12.1 Å². The van der Waals surface area contributed by atoms with Gasteiger partial charge in [0.25, 0.3) is 11.6 Å². The highest BCUT2D eigenvalue weighted by Crippen LogP contribution is 2.22. The zero-order valence-electron chi connectivity index (χ0n) is 11.0. The first kappa shape index (κ1) is 14.4. The van der Waals surface area contributed by atoms with Gasteiger partial charge in [0.1, 0.15) is 0 Å². The number of nitrogens with one attached hydrogen (secondary N) is 2. The molecule has 1 aromatic carbocycles. The zero-order valence-corrected chi connectivity index (χ0v) is 11.0. The second kappa shape index (κ2) is 5.95. The Hall–Kier alpha value is -3.03. The molecule has 2 aromatic rings. The molecule has 0 bridgehead atoms. The minimum Gasteiger partial charge on any atom is -0.386 e. The molecule has 0 aliphatic heterocycles. The van der Waals surface area contributed by atoms with Crippen molar-refractivity contribution in [3.8, 4) is 0 Å². The molecule has 0 saturated heterocycles. The number of nitro benzene ring substituents is 1. The summed E-state index contributed by atoms with van der Waals surface area (Å²) in [5, 5.41) is 15.7. The van der Waals surface area contributed by atoms with E-state index < -0.39 is 16.6 Å². The number of pyridine rings is 1. The van der Waals surface area contributed by atoms with Crippen molar-refractivity contribution in [1.29, 1.82) is 0 Å². The highest BCUT2D eigenvalue weighted by Gasteiger charge is 2.15. The van der Waals surface area contributed by atoms with Crippen LogP contribution in [0.15, 0.2) is 36.7 Å². The van der Waals surface area contributed by atoms with Crippen LogP contribution in [0.5, 0.6) is 0 Å². The van der Waals surface area contributed by atoms with Crippen molar-refractivity contribution in [2.75, 3.05) is 17.7 Å². The number of aromatic nitrogens is 1. The minimum absolute atomic E-state index is 0.135. The lowest BCUT2D eigenvalue weighted by Gasteiger charge is -2.09. The number of nitrogens with zero attached hydrogens (tertiary/aromatic N) is 2. The van der Waals surface area contributed by atoms with Crippen LogP contribution in [0.25, 0.3) is 0 Å². The second-order valence-corrected chi connectivity index (χ2v) is 4.05. The van der Waals surface area contributed by atoms with Crippen LogP contribution in [0.2, 0.25) is 0 Å². The van der Waals surface area contributed by atoms with E-state index in [-0.39, 0.29) is 16.9 Å². The van der Waals surface area contributed by atoms with Gasteiger partial charge in [-0.2, -0.15) is 0 Å². The summed E-state index contributed by atoms with van der Waals surface area (Å²) in [4.78, 5) is 25.8. The maximum atomic E-state index is 13.7. The van der Waals surface area contributed by atoms with Crippen molar-refractivity contribution in [3.05, 3.63) is 58.2 Å². The van der Waals surface area contributed by atoms with E-state index in [1.807, 2.05) is 0 Å². The number of hydrogen-bond donors (Lipinski definition) is 2. The lowest BCUT2D eigenvalue weighted by Crippen LogP contribution is -2.15. The van der Waals surface area contributed by atoms with Gasteiger partial charge < -0.3 is 10.6 Å². The second-order valence-electron chi connectivity index (χ2n) is 4.05. The van der Waals surface area contributed by atoms with Gasteiger partial charge in [-0.1, -0.05) is 0 Å². The molecular formula is C13H11FN4O3. The van der Waals surface area contributed by atoms with Crippen molar-refractivity contribution in [3.63, 3.8) is 0 Å². The molecule has 1 amide bonds. The lowest BCUT2D eigenvalue weighted by atomic mass is 10.2. The number of non-ortho nitro benzene ring substituents is 1. The van der Waals surface area contributed by atoms with Crippen LogP contribution in [0.4, 0.5) is 21.5 Å². The standard InChI is InChI=1S/C13H11FN4O3/c1-15-12-7-16-5-4-9(12)13(19)17-11-3-2-8(18(20)21)6-10(11)14/h2-7,15H,1H3,(H,17,19). The molecular weight excluding hydrogens is 279 g/mol. The number of anilines is 2. The van der Waals surface area contributed by atoms with E-state index in [2.05, 4.69) is 15.6 Å². The molecule has 0 spiro atoms. The van der Waals surface area contributed by atoms with E-state index in [4.69, 9.17) is 0 Å². The Bertz CT molecular complexity index is 706. The fraction of sp³-hybridized carbons (Fsp3) is 0.0769. The van der Waals surface area contributed by atoms with Gasteiger partial charge in [-0.15, -0.1) is 0 Å². The van der Waals surface area contributed by atoms with E-state index in [9.17, 15) is 19.3 Å². The fourth-order valence-corrected chi connectivity index (χ4v) is 1.70. The molecule has 2 rings (SSSR count). The van der Waals surface area contributed by atoms with Crippen LogP contribution in [-0.2, 0) is 0 Å². The van der Waals surface area contributed by atoms with Crippen molar-refractivity contribution >= 4 is 23.0 Å². The number of rotatable bonds is 4. The Labute approximate surface area is 119 Å². The molecule has 2 N–H and O–H groups in total. The number of carbonyl (C=O) groups is 1. The van der Waals surface area contributed by atoms with Crippen molar-refractivity contribution < 1.29 is 14.1 Å². The molecule has 0 unspecified atom stereocenters. The summed E-state index contributed by atoms with van der Waals surface area (Å²) in [6, 6.07) is 4.49. The Morgan fingerprint density at radius 3 is 2.71 bits per heavy atom. The first-order valence-electron chi connectivity index (χ1n) is 5.90. The summed E-state index contributed by atoms with van der Waals surface area (Å²) >= 11 is 0. The summed E-state index contributed by atoms with van der Waals surface area (Å²) in [5.41, 5.74) is 0.248. The Balaban J connectivity index is 2.26. The van der Waals surface area contributed by atoms with E-state index in [0.717, 1.165) is 18.2 Å². The lowest BCUT2D eigenvalue weighted by molar-refractivity contribution is -0.385. The average Bonchev–Trinajstić information content (AvgIpc) is 2.48. The molecule has 0 aliphatic carbocycles. The van der Waals surface area contributed by atoms with E-state index in [1.54, 1.807) is 7.05 Å². The fourth-order valence-electron chi connectivity index (χ4n) is 1.70. The van der Waals surface area contributed by atoms with Crippen LogP contribution < -0.4 is 10.6 Å². The number of benzene rings is 1. The molecule has 1 aromatic heterocycles. The quantitative estimate of drug-likeness (QED) is 0.665. The van der Waals surface area contributed by atoms with Crippen molar-refractivity contribution in [1.82, 2.24) is 4.98 Å². The largest absolute Gasteiger partial charge is 0.386 e. The summed E-state index contributed by atoms with van der Waals surface area (Å²) < 4.78 is 13.7. The first-order valence-corrected chi connectivity index (χ1v) is 5.90. The number of hydrogen-bond acceptors (Lipinski definition) is 5. The number of nitro groups is 1. The molecule has 7 nitrogen and oxygen atoms in total. The van der Waals surface area contributed by atoms with Crippen LogP contribution >= 0.6 is 0 Å². The Morgan fingerprint density at radius 2 is 2.10 bits per heavy atom. The maximum absolute atomic E-state index is 13.7. The Kier molecular flexibility index (Phi) is 4.07. The molecule has 108 valence electrons. The smallest absolute Gasteiger partial charge is 0.272 e. The van der Waals surface area contributed by atoms with Gasteiger partial charge in [-0.25, -0.2) is 4.39 Å². The monoisotopic (exact) mass is 290 g/mol. The van der Waals surface area contributed by atoms with Gasteiger partial charge in [0, 0.05) is 19.3 Å². The zero-order chi connectivity index (χ0) is 15.4. The summed E-state index contributed by atoms with van der Waals surface area (Å²) in [7, 11) is 1.63. The normalized spacial score (nSPS) is 10.0. The van der Waals surface area contributed by atoms with Crippen molar-refractivity contribution in [2.24, 2.45) is 0 Å². The van der Waals surface area contributed by atoms with Crippen LogP contribution in [0, 0.1) is 15.9 Å². The van der Waals surface area contributed by atoms with Gasteiger partial charge in [0.05, 0.1) is 34.1 Å². The summed E-state index contributed by atoms with van der Waals surface area (Å²) in [6.45, 7) is 0. The molecule has 21 heavy (non-hydrogen) atoms. The number of amides is 1. The molecule has 8 heteroatoms. The highest BCUT2D eigenvalue weighted by molar-refractivity contribution is 6.07. The SMILES string of the molecule is CNc1cnccc1C(=O)Nc1ccc([N+](=O)[O-])cc1F. The van der Waals surface area contributed by atoms with Crippen LogP contribution in [0.3, 0.4) is 0 Å². The van der Waals surface area contributed by atoms with E-state index in [1.165, 1.54) is 18.5 Å². The Morgan fingerprint density at radius 1 is 1.33 bits per heavy atom. The average molecular weight is 290 g/mol. The summed E-state index contributed by atoms with van der Waals surface area (Å²) in [5.74, 6) is -1.42. The van der Waals surface area contributed by atoms with Crippen LogP contribution in [0.1, 0.15) is 10.4 Å². The molecule has 0 fully saturated rings. The van der Waals surface area contributed by atoms with Gasteiger partial charge in [0.15, 0.2) is 5.82 Å². The molecule has 1 heterocycles. The highest BCUT2D eigenvalue weighted by atomic mass is 19.1. The molecule has 0 atom stereocenters.